The highest BCUT2D eigenvalue weighted by molar-refractivity contribution is 5.88. The summed E-state index contributed by atoms with van der Waals surface area (Å²) in [6.45, 7) is 4.45. The van der Waals surface area contributed by atoms with E-state index in [1.165, 1.54) is 11.8 Å². The van der Waals surface area contributed by atoms with Gasteiger partial charge >= 0.3 is 6.09 Å². The van der Waals surface area contributed by atoms with E-state index in [2.05, 4.69) is 0 Å². The van der Waals surface area contributed by atoms with Crippen LogP contribution in [0.5, 0.6) is 0 Å². The monoisotopic (exact) mass is 303 g/mol. The zero-order valence-corrected chi connectivity index (χ0v) is 12.7. The lowest BCUT2D eigenvalue weighted by atomic mass is 9.69. The van der Waals surface area contributed by atoms with Crippen LogP contribution in [-0.2, 0) is 9.53 Å². The Morgan fingerprint density at radius 2 is 1.95 bits per heavy atom. The molecule has 0 aromatic heterocycles. The fourth-order valence-corrected chi connectivity index (χ4v) is 3.27. The van der Waals surface area contributed by atoms with Gasteiger partial charge in [-0.15, -0.1) is 0 Å². The van der Waals surface area contributed by atoms with Crippen molar-refractivity contribution in [3.8, 4) is 0 Å². The van der Waals surface area contributed by atoms with E-state index in [9.17, 15) is 18.4 Å². The molecule has 120 valence electrons. The van der Waals surface area contributed by atoms with E-state index in [1.54, 1.807) is 0 Å². The van der Waals surface area contributed by atoms with Crippen LogP contribution in [-0.4, -0.2) is 41.4 Å². The fourth-order valence-electron chi connectivity index (χ4n) is 3.27. The lowest BCUT2D eigenvalue weighted by molar-refractivity contribution is -0.168. The number of ether oxygens (including phenoxy) is 1. The Morgan fingerprint density at radius 1 is 1.29 bits per heavy atom. The van der Waals surface area contributed by atoms with Gasteiger partial charge in [-0.2, -0.15) is 0 Å². The maximum Gasteiger partial charge on any atom is 0.410 e. The first-order chi connectivity index (χ1) is 9.81. The van der Waals surface area contributed by atoms with Crippen LogP contribution in [0.1, 0.15) is 52.4 Å². The number of hydrogen-bond donors (Lipinski definition) is 0. The van der Waals surface area contributed by atoms with Crippen LogP contribution in [0, 0.1) is 5.92 Å². The number of halogens is 2. The molecule has 0 bridgehead atoms. The molecule has 1 amide bonds. The van der Waals surface area contributed by atoms with E-state index in [0.29, 0.717) is 25.9 Å². The molecule has 1 heterocycles. The summed E-state index contributed by atoms with van der Waals surface area (Å²) in [7, 11) is 0. The quantitative estimate of drug-likeness (QED) is 0.799. The first-order valence-corrected chi connectivity index (χ1v) is 7.67. The summed E-state index contributed by atoms with van der Waals surface area (Å²) in [5, 5.41) is 0. The van der Waals surface area contributed by atoms with E-state index in [4.69, 9.17) is 4.74 Å². The average Bonchev–Trinajstić information content (AvgIpc) is 2.30. The maximum absolute atomic E-state index is 13.7. The number of rotatable bonds is 4. The number of Topliss-reactive ketones (excluding diaryl/α,β-unsaturated/α-hetero) is 1. The molecule has 0 radical (unpaired) electrons. The van der Waals surface area contributed by atoms with Crippen LogP contribution >= 0.6 is 0 Å². The van der Waals surface area contributed by atoms with Gasteiger partial charge in [0, 0.05) is 38.3 Å². The number of carbonyl (C=O) groups is 2. The summed E-state index contributed by atoms with van der Waals surface area (Å²) >= 11 is 0. The Hall–Kier alpha value is -1.20. The van der Waals surface area contributed by atoms with Crippen molar-refractivity contribution >= 4 is 11.9 Å². The van der Waals surface area contributed by atoms with Crippen molar-refractivity contribution in [3.63, 3.8) is 0 Å². The minimum atomic E-state index is -2.78. The molecule has 1 saturated carbocycles. The Balaban J connectivity index is 2.21. The molecular weight excluding hydrogens is 280 g/mol. The van der Waals surface area contributed by atoms with Gasteiger partial charge in [-0.25, -0.2) is 13.6 Å². The Bertz CT molecular complexity index is 423. The Morgan fingerprint density at radius 3 is 2.43 bits per heavy atom. The molecule has 2 rings (SSSR count). The molecule has 21 heavy (non-hydrogen) atoms. The molecule has 2 unspecified atom stereocenters. The highest BCUT2D eigenvalue weighted by Gasteiger charge is 2.55. The topological polar surface area (TPSA) is 46.6 Å². The number of ketones is 1. The smallest absolute Gasteiger partial charge is 0.410 e. The van der Waals surface area contributed by atoms with Crippen LogP contribution in [0.4, 0.5) is 13.6 Å². The highest BCUT2D eigenvalue weighted by atomic mass is 19.3. The van der Waals surface area contributed by atoms with E-state index in [-0.39, 0.29) is 18.6 Å². The van der Waals surface area contributed by atoms with Gasteiger partial charge < -0.3 is 9.64 Å². The molecule has 0 aromatic rings. The molecule has 2 aliphatic rings. The van der Waals surface area contributed by atoms with Crippen LogP contribution in [0.3, 0.4) is 0 Å². The van der Waals surface area contributed by atoms with Gasteiger partial charge in [0.2, 0.25) is 5.92 Å². The number of alkyl halides is 2. The number of nitrogens with zero attached hydrogens (tertiary/aromatic N) is 1. The minimum absolute atomic E-state index is 0.0837. The van der Waals surface area contributed by atoms with Crippen LogP contribution in [0.15, 0.2) is 0 Å². The highest BCUT2D eigenvalue weighted by Crippen LogP contribution is 2.47. The molecule has 2 fully saturated rings. The second kappa shape index (κ2) is 5.89. The first kappa shape index (κ1) is 16.2. The number of hydrogen-bond acceptors (Lipinski definition) is 3. The number of carbonyl (C=O) groups excluding carboxylic acids is 2. The summed E-state index contributed by atoms with van der Waals surface area (Å²) in [5.41, 5.74) is -1.37. The van der Waals surface area contributed by atoms with E-state index >= 15 is 0 Å². The van der Waals surface area contributed by atoms with E-state index in [0.717, 1.165) is 6.42 Å². The van der Waals surface area contributed by atoms with Crippen molar-refractivity contribution in [2.24, 2.45) is 5.92 Å². The summed E-state index contributed by atoms with van der Waals surface area (Å²) in [5.74, 6) is -3.69. The van der Waals surface area contributed by atoms with Crippen LogP contribution < -0.4 is 0 Å². The normalized spacial score (nSPS) is 31.4. The lowest BCUT2D eigenvalue weighted by Gasteiger charge is -2.45. The molecular formula is C15H23F2NO3. The summed E-state index contributed by atoms with van der Waals surface area (Å²) in [6.07, 6.45) is 0.647. The molecule has 1 aliphatic heterocycles. The molecule has 1 saturated heterocycles. The zero-order valence-electron chi connectivity index (χ0n) is 12.7. The van der Waals surface area contributed by atoms with Gasteiger partial charge in [0.05, 0.1) is 0 Å². The van der Waals surface area contributed by atoms with E-state index in [1.807, 2.05) is 6.92 Å². The van der Waals surface area contributed by atoms with Gasteiger partial charge in [0.1, 0.15) is 0 Å². The fraction of sp³-hybridized carbons (Fsp3) is 0.867. The summed E-state index contributed by atoms with van der Waals surface area (Å²) < 4.78 is 32.9. The van der Waals surface area contributed by atoms with Gasteiger partial charge in [0.15, 0.2) is 11.4 Å². The largest absolute Gasteiger partial charge is 0.434 e. The lowest BCUT2D eigenvalue weighted by Crippen LogP contribution is -2.56. The average molecular weight is 303 g/mol. The molecule has 1 aliphatic carbocycles. The number of amides is 1. The molecule has 0 aromatic carbocycles. The SMILES string of the molecule is CCCC1CC(F)(F)CCC1(OC(=O)N1CCC1)C(C)=O. The predicted molar refractivity (Wildman–Crippen MR) is 73.3 cm³/mol. The van der Waals surface area contributed by atoms with Crippen molar-refractivity contribution < 1.29 is 23.1 Å². The first-order valence-electron chi connectivity index (χ1n) is 7.67. The Labute approximate surface area is 123 Å². The van der Waals surface area contributed by atoms with E-state index < -0.39 is 30.0 Å². The van der Waals surface area contributed by atoms with Crippen LogP contribution in [0.2, 0.25) is 0 Å². The van der Waals surface area contributed by atoms with Crippen molar-refractivity contribution in [2.45, 2.75) is 63.9 Å². The second-order valence-electron chi connectivity index (χ2n) is 6.20. The summed E-state index contributed by atoms with van der Waals surface area (Å²) in [6, 6.07) is 0. The predicted octanol–water partition coefficient (Wildman–Crippen LogP) is 3.39. The van der Waals surface area contributed by atoms with Crippen molar-refractivity contribution in [1.82, 2.24) is 4.90 Å². The van der Waals surface area contributed by atoms with Crippen molar-refractivity contribution in [1.29, 1.82) is 0 Å². The third kappa shape index (κ3) is 3.19. The standard InChI is InChI=1S/C15H23F2NO3/c1-3-5-12-10-14(16,17)6-7-15(12,11(2)19)21-13(20)18-8-4-9-18/h12H,3-10H2,1-2H3. The van der Waals surface area contributed by atoms with Gasteiger partial charge in [-0.05, 0) is 19.8 Å². The van der Waals surface area contributed by atoms with Crippen molar-refractivity contribution in [2.75, 3.05) is 13.1 Å². The summed E-state index contributed by atoms with van der Waals surface area (Å²) in [4.78, 5) is 25.7. The third-order valence-electron chi connectivity index (χ3n) is 4.68. The second-order valence-corrected chi connectivity index (χ2v) is 6.20. The number of likely N-dealkylation sites (tertiary alicyclic amines) is 1. The van der Waals surface area contributed by atoms with Crippen LogP contribution in [0.25, 0.3) is 0 Å². The molecule has 6 heteroatoms. The zero-order chi connectivity index (χ0) is 15.7. The maximum atomic E-state index is 13.7. The van der Waals surface area contributed by atoms with Gasteiger partial charge in [-0.3, -0.25) is 4.79 Å². The third-order valence-corrected chi connectivity index (χ3v) is 4.68. The Kier molecular flexibility index (Phi) is 4.54. The van der Waals surface area contributed by atoms with Crippen molar-refractivity contribution in [3.05, 3.63) is 0 Å². The molecule has 2 atom stereocenters. The molecule has 4 nitrogen and oxygen atoms in total. The minimum Gasteiger partial charge on any atom is -0.434 e. The molecule has 0 spiro atoms. The van der Waals surface area contributed by atoms with Gasteiger partial charge in [0.25, 0.3) is 0 Å². The van der Waals surface area contributed by atoms with Gasteiger partial charge in [-0.1, -0.05) is 13.3 Å². The molecule has 0 N–H and O–H groups in total.